The van der Waals surface area contributed by atoms with Gasteiger partial charge in [-0.05, 0) is 19.1 Å². The lowest BCUT2D eigenvalue weighted by Gasteiger charge is -2.09. The second-order valence-corrected chi connectivity index (χ2v) is 4.86. The second kappa shape index (κ2) is 7.27. The maximum atomic E-state index is 11.8. The molecule has 3 aromatic rings. The van der Waals surface area contributed by atoms with E-state index >= 15 is 0 Å². The Hall–Kier alpha value is -3.36. The van der Waals surface area contributed by atoms with Crippen molar-refractivity contribution in [3.05, 3.63) is 54.6 Å². The Morgan fingerprint density at radius 3 is 2.71 bits per heavy atom. The molecule has 0 fully saturated rings. The maximum Gasteiger partial charge on any atom is 0.289 e. The molecule has 9 nitrogen and oxygen atoms in total. The van der Waals surface area contributed by atoms with Gasteiger partial charge in [0.2, 0.25) is 5.82 Å². The van der Waals surface area contributed by atoms with Crippen molar-refractivity contribution >= 4 is 11.7 Å². The number of nitrogens with zero attached hydrogens (tertiary/aromatic N) is 6. The maximum absolute atomic E-state index is 11.8. The van der Waals surface area contributed by atoms with E-state index in [2.05, 4.69) is 35.7 Å². The molecular formula is C15H16N8O. The van der Waals surface area contributed by atoms with Crippen LogP contribution in [0.25, 0.3) is 5.82 Å². The minimum atomic E-state index is -0.312. The minimum absolute atomic E-state index is 0.149. The molecule has 0 aliphatic heterocycles. The van der Waals surface area contributed by atoms with Crippen molar-refractivity contribution in [2.24, 2.45) is 0 Å². The molecule has 9 heteroatoms. The Balaban J connectivity index is 1.54. The average molecular weight is 324 g/mol. The summed E-state index contributed by atoms with van der Waals surface area (Å²) in [4.78, 5) is 28.3. The molecule has 0 spiro atoms. The lowest BCUT2D eigenvalue weighted by molar-refractivity contribution is 0.0944. The molecule has 2 N–H and O–H groups in total. The van der Waals surface area contributed by atoms with Crippen LogP contribution in [0.4, 0.5) is 5.82 Å². The van der Waals surface area contributed by atoms with Crippen molar-refractivity contribution in [2.75, 3.05) is 18.4 Å². The fraction of sp³-hybridized carbons (Fsp3) is 0.200. The second-order valence-electron chi connectivity index (χ2n) is 4.86. The summed E-state index contributed by atoms with van der Waals surface area (Å²) >= 11 is 0. The van der Waals surface area contributed by atoms with Crippen molar-refractivity contribution in [3.63, 3.8) is 0 Å². The van der Waals surface area contributed by atoms with Crippen LogP contribution in [-0.4, -0.2) is 48.7 Å². The zero-order chi connectivity index (χ0) is 16.8. The fourth-order valence-corrected chi connectivity index (χ4v) is 2.03. The minimum Gasteiger partial charge on any atom is -0.368 e. The quantitative estimate of drug-likeness (QED) is 0.639. The monoisotopic (exact) mass is 324 g/mol. The molecule has 0 aliphatic carbocycles. The summed E-state index contributed by atoms with van der Waals surface area (Å²) in [6.45, 7) is 2.73. The first-order valence-corrected chi connectivity index (χ1v) is 7.37. The van der Waals surface area contributed by atoms with Crippen LogP contribution in [-0.2, 0) is 0 Å². The Morgan fingerprint density at radius 2 is 1.96 bits per heavy atom. The highest BCUT2D eigenvalue weighted by molar-refractivity contribution is 5.90. The smallest absolute Gasteiger partial charge is 0.289 e. The molecule has 0 radical (unpaired) electrons. The van der Waals surface area contributed by atoms with E-state index in [-0.39, 0.29) is 11.7 Å². The highest BCUT2D eigenvalue weighted by Crippen LogP contribution is 2.09. The van der Waals surface area contributed by atoms with E-state index in [9.17, 15) is 4.79 Å². The lowest BCUT2D eigenvalue weighted by atomic mass is 10.4. The van der Waals surface area contributed by atoms with Gasteiger partial charge in [0.1, 0.15) is 11.6 Å². The van der Waals surface area contributed by atoms with Crippen LogP contribution in [0, 0.1) is 6.92 Å². The van der Waals surface area contributed by atoms with Crippen LogP contribution in [0.1, 0.15) is 16.4 Å². The Morgan fingerprint density at radius 1 is 1.12 bits per heavy atom. The van der Waals surface area contributed by atoms with Gasteiger partial charge in [-0.2, -0.15) is 5.10 Å². The highest BCUT2D eigenvalue weighted by Gasteiger charge is 2.07. The third-order valence-corrected chi connectivity index (χ3v) is 3.05. The topological polar surface area (TPSA) is 111 Å². The van der Waals surface area contributed by atoms with Crippen molar-refractivity contribution in [1.82, 2.24) is 35.0 Å². The first kappa shape index (κ1) is 15.5. The zero-order valence-electron chi connectivity index (χ0n) is 13.0. The number of carbonyl (C=O) groups excluding carboxylic acids is 1. The van der Waals surface area contributed by atoms with E-state index in [0.717, 1.165) is 0 Å². The fourth-order valence-electron chi connectivity index (χ4n) is 2.03. The molecule has 0 bridgehead atoms. The van der Waals surface area contributed by atoms with E-state index < -0.39 is 0 Å². The molecular weight excluding hydrogens is 308 g/mol. The van der Waals surface area contributed by atoms with E-state index in [1.807, 2.05) is 19.2 Å². The molecule has 0 saturated carbocycles. The predicted molar refractivity (Wildman–Crippen MR) is 86.7 cm³/mol. The van der Waals surface area contributed by atoms with E-state index in [4.69, 9.17) is 0 Å². The molecule has 24 heavy (non-hydrogen) atoms. The molecule has 122 valence electrons. The highest BCUT2D eigenvalue weighted by atomic mass is 16.2. The molecule has 3 heterocycles. The number of hydrogen-bond donors (Lipinski definition) is 2. The number of amides is 1. The standard InChI is InChI=1S/C15H16N8O/c1-11-21-12(10-13(22-11)23-9-3-6-20-23)16-7-8-19-15(24)14-17-4-2-5-18-14/h2-6,9-10H,7-8H2,1H3,(H,19,24)(H,16,21,22). The molecule has 0 saturated heterocycles. The van der Waals surface area contributed by atoms with Gasteiger partial charge in [-0.3, -0.25) is 4.79 Å². The van der Waals surface area contributed by atoms with Gasteiger partial charge in [0.05, 0.1) is 0 Å². The van der Waals surface area contributed by atoms with Gasteiger partial charge >= 0.3 is 0 Å². The van der Waals surface area contributed by atoms with Crippen LogP contribution in [0.2, 0.25) is 0 Å². The largest absolute Gasteiger partial charge is 0.368 e. The molecule has 3 aromatic heterocycles. The molecule has 3 rings (SSSR count). The number of hydrogen-bond acceptors (Lipinski definition) is 7. The lowest BCUT2D eigenvalue weighted by Crippen LogP contribution is -2.30. The van der Waals surface area contributed by atoms with Crippen LogP contribution in [0.3, 0.4) is 0 Å². The van der Waals surface area contributed by atoms with Crippen LogP contribution < -0.4 is 10.6 Å². The SMILES string of the molecule is Cc1nc(NCCNC(=O)c2ncccn2)cc(-n2cccn2)n1. The molecule has 0 aliphatic rings. The van der Waals surface area contributed by atoms with Gasteiger partial charge in [0, 0.05) is 43.9 Å². The zero-order valence-corrected chi connectivity index (χ0v) is 13.0. The summed E-state index contributed by atoms with van der Waals surface area (Å²) in [6, 6.07) is 5.28. The van der Waals surface area contributed by atoms with Gasteiger partial charge in [-0.1, -0.05) is 0 Å². The number of anilines is 1. The summed E-state index contributed by atoms with van der Waals surface area (Å²) in [6.07, 6.45) is 6.55. The van der Waals surface area contributed by atoms with Crippen molar-refractivity contribution in [3.8, 4) is 5.82 Å². The first-order valence-electron chi connectivity index (χ1n) is 7.37. The number of nitrogens with one attached hydrogen (secondary N) is 2. The third kappa shape index (κ3) is 3.88. The van der Waals surface area contributed by atoms with Crippen molar-refractivity contribution in [2.45, 2.75) is 6.92 Å². The van der Waals surface area contributed by atoms with Gasteiger partial charge in [-0.15, -0.1) is 0 Å². The Kier molecular flexibility index (Phi) is 4.70. The summed E-state index contributed by atoms with van der Waals surface area (Å²) in [7, 11) is 0. The molecule has 0 atom stereocenters. The number of aromatic nitrogens is 6. The summed E-state index contributed by atoms with van der Waals surface area (Å²) in [5.74, 6) is 1.81. The Labute approximate surface area is 138 Å². The van der Waals surface area contributed by atoms with E-state index in [1.165, 1.54) is 12.4 Å². The molecule has 0 aromatic carbocycles. The Bertz CT molecular complexity index is 804. The number of aryl methyl sites for hydroxylation is 1. The van der Waals surface area contributed by atoms with Gasteiger partial charge in [0.15, 0.2) is 5.82 Å². The van der Waals surface area contributed by atoms with Crippen LogP contribution in [0.15, 0.2) is 43.0 Å². The average Bonchev–Trinajstić information content (AvgIpc) is 3.13. The van der Waals surface area contributed by atoms with Gasteiger partial charge in [-0.25, -0.2) is 24.6 Å². The number of rotatable bonds is 6. The summed E-state index contributed by atoms with van der Waals surface area (Å²) in [5, 5.41) is 10.0. The first-order chi connectivity index (χ1) is 11.7. The summed E-state index contributed by atoms with van der Waals surface area (Å²) < 4.78 is 1.66. The van der Waals surface area contributed by atoms with Crippen LogP contribution >= 0.6 is 0 Å². The van der Waals surface area contributed by atoms with Crippen LogP contribution in [0.5, 0.6) is 0 Å². The van der Waals surface area contributed by atoms with Gasteiger partial charge < -0.3 is 10.6 Å². The van der Waals surface area contributed by atoms with Gasteiger partial charge in [0.25, 0.3) is 5.91 Å². The van der Waals surface area contributed by atoms with E-state index in [1.54, 1.807) is 23.0 Å². The van der Waals surface area contributed by atoms with E-state index in [0.29, 0.717) is 30.5 Å². The number of carbonyl (C=O) groups is 1. The van der Waals surface area contributed by atoms with Crippen molar-refractivity contribution < 1.29 is 4.79 Å². The normalized spacial score (nSPS) is 10.4. The van der Waals surface area contributed by atoms with Crippen molar-refractivity contribution in [1.29, 1.82) is 0 Å². The molecule has 0 unspecified atom stereocenters. The summed E-state index contributed by atoms with van der Waals surface area (Å²) in [5.41, 5.74) is 0. The third-order valence-electron chi connectivity index (χ3n) is 3.05. The predicted octanol–water partition coefficient (Wildman–Crippen LogP) is 0.603. The molecule has 1 amide bonds.